The van der Waals surface area contributed by atoms with Crippen LogP contribution >= 0.6 is 0 Å². The number of amides is 2. The number of ether oxygens (including phenoxy) is 1. The van der Waals surface area contributed by atoms with Crippen molar-refractivity contribution in [2.75, 3.05) is 26.2 Å². The molecule has 0 bridgehead atoms. The molecule has 1 aliphatic heterocycles. The van der Waals surface area contributed by atoms with E-state index >= 15 is 0 Å². The third-order valence-corrected chi connectivity index (χ3v) is 7.82. The number of carbonyl (C=O) groups excluding carboxylic acids is 2. The van der Waals surface area contributed by atoms with E-state index in [2.05, 4.69) is 5.32 Å². The Morgan fingerprint density at radius 2 is 1.91 bits per heavy atom. The van der Waals surface area contributed by atoms with Crippen LogP contribution in [0.15, 0.2) is 18.2 Å². The number of aliphatic hydroxyl groups is 1. The average Bonchev–Trinajstić information content (AvgIpc) is 3.50. The minimum Gasteiger partial charge on any atom is -0.443 e. The van der Waals surface area contributed by atoms with Crippen molar-refractivity contribution in [2.45, 2.75) is 76.7 Å². The second-order valence-corrected chi connectivity index (χ2v) is 10.6. The van der Waals surface area contributed by atoms with Crippen LogP contribution in [0.1, 0.15) is 80.6 Å². The smallest absolute Gasteiger partial charge is 0.410 e. The van der Waals surface area contributed by atoms with Gasteiger partial charge in [-0.2, -0.15) is 0 Å². The third kappa shape index (κ3) is 6.05. The van der Waals surface area contributed by atoms with E-state index in [0.29, 0.717) is 5.41 Å². The number of unbranched alkanes of at least 4 members (excludes halogenated alkanes) is 1. The molecule has 3 aliphatic rings. The van der Waals surface area contributed by atoms with Gasteiger partial charge in [-0.25, -0.2) is 9.18 Å². The van der Waals surface area contributed by atoms with Crippen LogP contribution in [0.4, 0.5) is 9.18 Å². The van der Waals surface area contributed by atoms with Crippen LogP contribution in [-0.4, -0.2) is 53.8 Å². The van der Waals surface area contributed by atoms with Crippen LogP contribution < -0.4 is 5.32 Å². The number of nitrogens with one attached hydrogen (secondary N) is 1. The monoisotopic (exact) mass is 460 g/mol. The molecule has 1 aromatic rings. The van der Waals surface area contributed by atoms with Gasteiger partial charge in [-0.15, -0.1) is 0 Å². The lowest BCUT2D eigenvalue weighted by Gasteiger charge is -2.52. The highest BCUT2D eigenvalue weighted by Gasteiger charge is 2.47. The summed E-state index contributed by atoms with van der Waals surface area (Å²) in [6.07, 6.45) is 10.7. The predicted octanol–water partition coefficient (Wildman–Crippen LogP) is 4.44. The van der Waals surface area contributed by atoms with Gasteiger partial charge < -0.3 is 20.1 Å². The molecule has 182 valence electrons. The third-order valence-electron chi connectivity index (χ3n) is 7.82. The zero-order chi connectivity index (χ0) is 23.5. The molecular formula is C26H37FN2O4. The summed E-state index contributed by atoms with van der Waals surface area (Å²) in [5.74, 6) is -0.236. The second-order valence-electron chi connectivity index (χ2n) is 10.6. The summed E-state index contributed by atoms with van der Waals surface area (Å²) in [4.78, 5) is 26.0. The van der Waals surface area contributed by atoms with Crippen molar-refractivity contribution < 1.29 is 23.8 Å². The van der Waals surface area contributed by atoms with Crippen LogP contribution in [-0.2, 0) is 11.2 Å². The first-order valence-corrected chi connectivity index (χ1v) is 12.5. The number of benzene rings is 1. The number of halogens is 1. The molecule has 2 saturated carbocycles. The fourth-order valence-electron chi connectivity index (χ4n) is 5.42. The summed E-state index contributed by atoms with van der Waals surface area (Å²) in [6.45, 7) is 3.60. The lowest BCUT2D eigenvalue weighted by Crippen LogP contribution is -2.49. The maximum absolute atomic E-state index is 14.2. The van der Waals surface area contributed by atoms with Crippen molar-refractivity contribution in [3.63, 3.8) is 0 Å². The van der Waals surface area contributed by atoms with Gasteiger partial charge >= 0.3 is 6.09 Å². The Balaban J connectivity index is 1.11. The molecule has 6 nitrogen and oxygen atoms in total. The molecule has 0 aromatic heterocycles. The normalized spacial score (nSPS) is 20.9. The number of likely N-dealkylation sites (tertiary alicyclic amines) is 1. The fourth-order valence-corrected chi connectivity index (χ4v) is 5.42. The predicted molar refractivity (Wildman–Crippen MR) is 123 cm³/mol. The van der Waals surface area contributed by atoms with Crippen LogP contribution in [0.25, 0.3) is 0 Å². The topological polar surface area (TPSA) is 78.9 Å². The van der Waals surface area contributed by atoms with Gasteiger partial charge in [0.15, 0.2) is 0 Å². The molecule has 0 unspecified atom stereocenters. The Labute approximate surface area is 195 Å². The van der Waals surface area contributed by atoms with E-state index in [-0.39, 0.29) is 30.4 Å². The van der Waals surface area contributed by atoms with E-state index < -0.39 is 11.7 Å². The van der Waals surface area contributed by atoms with E-state index in [9.17, 15) is 14.0 Å². The number of nitrogens with zero attached hydrogens (tertiary/aromatic N) is 1. The van der Waals surface area contributed by atoms with Crippen LogP contribution in [0.3, 0.4) is 0 Å². The van der Waals surface area contributed by atoms with Crippen LogP contribution in [0.2, 0.25) is 0 Å². The summed E-state index contributed by atoms with van der Waals surface area (Å²) < 4.78 is 19.8. The lowest BCUT2D eigenvalue weighted by molar-refractivity contribution is -0.0224. The molecule has 1 spiro atoms. The first-order valence-electron chi connectivity index (χ1n) is 12.5. The molecule has 33 heavy (non-hydrogen) atoms. The minimum absolute atomic E-state index is 0.0213. The second kappa shape index (κ2) is 10.00. The van der Waals surface area contributed by atoms with Gasteiger partial charge in [-0.3, -0.25) is 4.79 Å². The van der Waals surface area contributed by atoms with Gasteiger partial charge in [-0.1, -0.05) is 18.9 Å². The maximum Gasteiger partial charge on any atom is 0.410 e. The summed E-state index contributed by atoms with van der Waals surface area (Å²) in [7, 11) is 0. The maximum atomic E-state index is 14.2. The Kier molecular flexibility index (Phi) is 7.27. The summed E-state index contributed by atoms with van der Waals surface area (Å²) in [6, 6.07) is 4.80. The molecule has 2 N–H and O–H groups in total. The van der Waals surface area contributed by atoms with E-state index in [1.54, 1.807) is 0 Å². The zero-order valence-electron chi connectivity index (χ0n) is 19.7. The summed E-state index contributed by atoms with van der Waals surface area (Å²) in [5.41, 5.74) is 1.17. The molecule has 1 saturated heterocycles. The number of aliphatic hydroxyl groups excluding tert-OH is 1. The molecule has 1 aromatic carbocycles. The van der Waals surface area contributed by atoms with Crippen LogP contribution in [0, 0.1) is 17.2 Å². The Morgan fingerprint density at radius 3 is 2.55 bits per heavy atom. The molecule has 7 heteroatoms. The van der Waals surface area contributed by atoms with Crippen molar-refractivity contribution in [2.24, 2.45) is 11.3 Å². The Bertz CT molecular complexity index is 854. The highest BCUT2D eigenvalue weighted by atomic mass is 19.1. The van der Waals surface area contributed by atoms with Gasteiger partial charge in [0.25, 0.3) is 5.91 Å². The van der Waals surface area contributed by atoms with Gasteiger partial charge in [0.1, 0.15) is 11.4 Å². The van der Waals surface area contributed by atoms with E-state index in [0.717, 1.165) is 69.5 Å². The van der Waals surface area contributed by atoms with Crippen molar-refractivity contribution in [3.8, 4) is 0 Å². The quantitative estimate of drug-likeness (QED) is 0.534. The minimum atomic E-state index is -0.509. The van der Waals surface area contributed by atoms with Gasteiger partial charge in [-0.05, 0) is 87.3 Å². The average molecular weight is 461 g/mol. The van der Waals surface area contributed by atoms with Crippen molar-refractivity contribution in [1.82, 2.24) is 10.2 Å². The SMILES string of the molecule is CC1(OC(=O)N2CCC3(CC2)CC(CCCCc2ccc(C(=O)NCCO)c(F)c2)C3)CC1. The Hall–Kier alpha value is -2.15. The number of hydrogen-bond acceptors (Lipinski definition) is 4. The largest absolute Gasteiger partial charge is 0.443 e. The van der Waals surface area contributed by atoms with Gasteiger partial charge in [0.2, 0.25) is 0 Å². The number of piperidine rings is 1. The highest BCUT2D eigenvalue weighted by Crippen LogP contribution is 2.54. The summed E-state index contributed by atoms with van der Waals surface area (Å²) in [5, 5.41) is 11.2. The molecule has 2 aliphatic carbocycles. The van der Waals surface area contributed by atoms with Crippen LogP contribution in [0.5, 0.6) is 0 Å². The van der Waals surface area contributed by atoms with Gasteiger partial charge in [0, 0.05) is 19.6 Å². The van der Waals surface area contributed by atoms with Crippen molar-refractivity contribution >= 4 is 12.0 Å². The summed E-state index contributed by atoms with van der Waals surface area (Å²) >= 11 is 0. The lowest BCUT2D eigenvalue weighted by atomic mass is 9.56. The molecule has 1 heterocycles. The van der Waals surface area contributed by atoms with Crippen molar-refractivity contribution in [1.29, 1.82) is 0 Å². The van der Waals surface area contributed by atoms with Gasteiger partial charge in [0.05, 0.1) is 12.2 Å². The zero-order valence-corrected chi connectivity index (χ0v) is 19.7. The number of rotatable bonds is 9. The van der Waals surface area contributed by atoms with Crippen molar-refractivity contribution in [3.05, 3.63) is 35.1 Å². The molecular weight excluding hydrogens is 423 g/mol. The standard InChI is InChI=1S/C26H37FN2O4/c1-25(8-9-25)33-24(32)29-13-10-26(11-14-29)17-20(18-26)5-3-2-4-19-6-7-21(22(27)16-19)23(31)28-12-15-30/h6-7,16,20,30H,2-5,8-15,17-18H2,1H3,(H,28,31). The number of aryl methyl sites for hydroxylation is 1. The Morgan fingerprint density at radius 1 is 1.18 bits per heavy atom. The van der Waals surface area contributed by atoms with E-state index in [1.807, 2.05) is 17.9 Å². The van der Waals surface area contributed by atoms with E-state index in [1.165, 1.54) is 31.4 Å². The highest BCUT2D eigenvalue weighted by molar-refractivity contribution is 5.94. The number of hydrogen-bond donors (Lipinski definition) is 2. The molecule has 3 fully saturated rings. The molecule has 4 rings (SSSR count). The molecule has 0 atom stereocenters. The van der Waals surface area contributed by atoms with E-state index in [4.69, 9.17) is 9.84 Å². The first-order chi connectivity index (χ1) is 15.8. The fraction of sp³-hybridized carbons (Fsp3) is 0.692. The molecule has 2 amide bonds. The molecule has 0 radical (unpaired) electrons. The first kappa shape index (κ1) is 24.0. The number of carbonyl (C=O) groups is 2.